The Bertz CT molecular complexity index is 628. The van der Waals surface area contributed by atoms with Gasteiger partial charge in [0.05, 0.1) is 0 Å². The Morgan fingerprint density at radius 1 is 1.29 bits per heavy atom. The minimum atomic E-state index is -0.153. The Morgan fingerprint density at radius 3 is 2.71 bits per heavy atom. The van der Waals surface area contributed by atoms with Gasteiger partial charge in [0.1, 0.15) is 6.54 Å². The summed E-state index contributed by atoms with van der Waals surface area (Å²) < 4.78 is 2.00. The van der Waals surface area contributed by atoms with Gasteiger partial charge in [0.15, 0.2) is 0 Å². The molecule has 114 valence electrons. The molecule has 21 heavy (non-hydrogen) atoms. The number of aromatic nitrogens is 1. The van der Waals surface area contributed by atoms with Crippen LogP contribution < -0.4 is 10.6 Å². The summed E-state index contributed by atoms with van der Waals surface area (Å²) in [6, 6.07) is 8.41. The number of carbonyl (C=O) groups is 1. The smallest absolute Gasteiger partial charge is 0.240 e. The molecule has 0 radical (unpaired) electrons. The van der Waals surface area contributed by atoms with E-state index in [9.17, 15) is 4.79 Å². The highest BCUT2D eigenvalue weighted by molar-refractivity contribution is 5.84. The molecule has 1 heterocycles. The van der Waals surface area contributed by atoms with Gasteiger partial charge in [-0.25, -0.2) is 0 Å². The largest absolute Gasteiger partial charge is 0.350 e. The molecule has 2 rings (SSSR count). The summed E-state index contributed by atoms with van der Waals surface area (Å²) in [5, 5.41) is 7.39. The zero-order valence-electron chi connectivity index (χ0n) is 13.4. The molecule has 1 aromatic heterocycles. The van der Waals surface area contributed by atoms with Crippen molar-refractivity contribution in [3.8, 4) is 0 Å². The highest BCUT2D eigenvalue weighted by atomic mass is 16.2. The van der Waals surface area contributed by atoms with Crippen molar-refractivity contribution in [1.29, 1.82) is 0 Å². The summed E-state index contributed by atoms with van der Waals surface area (Å²) in [6.45, 7) is 7.38. The molecule has 0 aliphatic heterocycles. The van der Waals surface area contributed by atoms with E-state index in [0.29, 0.717) is 6.54 Å². The lowest BCUT2D eigenvalue weighted by Crippen LogP contribution is -2.44. The van der Waals surface area contributed by atoms with Gasteiger partial charge in [-0.05, 0) is 56.5 Å². The van der Waals surface area contributed by atoms with E-state index < -0.39 is 0 Å². The summed E-state index contributed by atoms with van der Waals surface area (Å²) in [7, 11) is 1.94. The van der Waals surface area contributed by atoms with Crippen LogP contribution >= 0.6 is 0 Å². The van der Waals surface area contributed by atoms with E-state index in [-0.39, 0.29) is 11.4 Å². The highest BCUT2D eigenvalue weighted by Gasteiger charge is 2.18. The number of nitrogens with one attached hydrogen (secondary N) is 2. The maximum atomic E-state index is 12.2. The van der Waals surface area contributed by atoms with Crippen LogP contribution in [0.15, 0.2) is 30.5 Å². The summed E-state index contributed by atoms with van der Waals surface area (Å²) in [4.78, 5) is 12.2. The summed E-state index contributed by atoms with van der Waals surface area (Å²) in [5.74, 6) is 0.0543. The maximum Gasteiger partial charge on any atom is 0.240 e. The summed E-state index contributed by atoms with van der Waals surface area (Å²) in [6.07, 6.45) is 2.89. The molecule has 0 fully saturated rings. The molecule has 0 aliphatic carbocycles. The number of nitrogens with zero attached hydrogens (tertiary/aromatic N) is 1. The van der Waals surface area contributed by atoms with Gasteiger partial charge in [0, 0.05) is 23.8 Å². The van der Waals surface area contributed by atoms with Crippen molar-refractivity contribution in [2.24, 2.45) is 0 Å². The molecule has 0 saturated heterocycles. The monoisotopic (exact) mass is 287 g/mol. The molecule has 2 aromatic rings. The predicted molar refractivity (Wildman–Crippen MR) is 87.2 cm³/mol. The SMILES string of the molecule is CCC(C)(C)NC(=O)Cn1ccc2cc(CNC)ccc21. The second-order valence-corrected chi connectivity index (χ2v) is 6.15. The van der Waals surface area contributed by atoms with Crippen molar-refractivity contribution in [3.05, 3.63) is 36.0 Å². The third kappa shape index (κ3) is 3.85. The number of fused-ring (bicyclic) bond motifs is 1. The quantitative estimate of drug-likeness (QED) is 0.858. The fraction of sp³-hybridized carbons (Fsp3) is 0.471. The molecule has 2 N–H and O–H groups in total. The molecule has 0 unspecified atom stereocenters. The second-order valence-electron chi connectivity index (χ2n) is 6.15. The number of amides is 1. The Balaban J connectivity index is 2.14. The van der Waals surface area contributed by atoms with Crippen LogP contribution in [0.4, 0.5) is 0 Å². The molecule has 0 bridgehead atoms. The minimum absolute atomic E-state index is 0.0543. The fourth-order valence-corrected chi connectivity index (χ4v) is 2.36. The third-order valence-electron chi connectivity index (χ3n) is 3.89. The van der Waals surface area contributed by atoms with E-state index in [1.807, 2.05) is 31.7 Å². The van der Waals surface area contributed by atoms with Crippen molar-refractivity contribution in [2.45, 2.75) is 45.8 Å². The van der Waals surface area contributed by atoms with Crippen molar-refractivity contribution in [3.63, 3.8) is 0 Å². The first-order valence-corrected chi connectivity index (χ1v) is 7.48. The molecular weight excluding hydrogens is 262 g/mol. The number of benzene rings is 1. The molecule has 1 aromatic carbocycles. The van der Waals surface area contributed by atoms with Gasteiger partial charge >= 0.3 is 0 Å². The van der Waals surface area contributed by atoms with Crippen LogP contribution in [0.5, 0.6) is 0 Å². The molecule has 0 spiro atoms. The predicted octanol–water partition coefficient (Wildman–Crippen LogP) is 2.67. The first-order valence-electron chi connectivity index (χ1n) is 7.48. The van der Waals surface area contributed by atoms with Gasteiger partial charge in [0.25, 0.3) is 0 Å². The van der Waals surface area contributed by atoms with Crippen molar-refractivity contribution < 1.29 is 4.79 Å². The van der Waals surface area contributed by atoms with Crippen LogP contribution in [0.1, 0.15) is 32.8 Å². The zero-order valence-corrected chi connectivity index (χ0v) is 13.4. The van der Waals surface area contributed by atoms with E-state index in [2.05, 4.69) is 41.8 Å². The van der Waals surface area contributed by atoms with Crippen LogP contribution in [0, 0.1) is 0 Å². The van der Waals surface area contributed by atoms with Crippen molar-refractivity contribution in [1.82, 2.24) is 15.2 Å². The summed E-state index contributed by atoms with van der Waals surface area (Å²) >= 11 is 0. The Hall–Kier alpha value is -1.81. The van der Waals surface area contributed by atoms with Crippen LogP contribution in [0.2, 0.25) is 0 Å². The van der Waals surface area contributed by atoms with Gasteiger partial charge in [-0.1, -0.05) is 13.0 Å². The normalized spacial score (nSPS) is 11.8. The van der Waals surface area contributed by atoms with Crippen LogP contribution in [0.25, 0.3) is 10.9 Å². The molecule has 1 amide bonds. The Labute approximate surface area is 126 Å². The minimum Gasteiger partial charge on any atom is -0.350 e. The van der Waals surface area contributed by atoms with Crippen LogP contribution in [-0.2, 0) is 17.9 Å². The standard InChI is InChI=1S/C17H25N3O/c1-5-17(2,3)19-16(21)12-20-9-8-14-10-13(11-18-4)6-7-15(14)20/h6-10,18H,5,11-12H2,1-4H3,(H,19,21). The van der Waals surface area contributed by atoms with E-state index in [1.165, 1.54) is 10.9 Å². The topological polar surface area (TPSA) is 46.1 Å². The van der Waals surface area contributed by atoms with Gasteiger partial charge in [-0.2, -0.15) is 0 Å². The van der Waals surface area contributed by atoms with Crippen molar-refractivity contribution in [2.75, 3.05) is 7.05 Å². The molecule has 4 nitrogen and oxygen atoms in total. The van der Waals surface area contributed by atoms with E-state index >= 15 is 0 Å². The molecule has 0 atom stereocenters. The van der Waals surface area contributed by atoms with Gasteiger partial charge < -0.3 is 15.2 Å². The Morgan fingerprint density at radius 2 is 2.05 bits per heavy atom. The first kappa shape index (κ1) is 15.6. The van der Waals surface area contributed by atoms with Gasteiger partial charge in [-0.3, -0.25) is 4.79 Å². The van der Waals surface area contributed by atoms with E-state index in [4.69, 9.17) is 0 Å². The van der Waals surface area contributed by atoms with Crippen LogP contribution in [-0.4, -0.2) is 23.1 Å². The van der Waals surface area contributed by atoms with E-state index in [1.54, 1.807) is 0 Å². The maximum absolute atomic E-state index is 12.2. The number of hydrogen-bond donors (Lipinski definition) is 2. The lowest BCUT2D eigenvalue weighted by Gasteiger charge is -2.24. The molecular formula is C17H25N3O. The van der Waals surface area contributed by atoms with Crippen LogP contribution in [0.3, 0.4) is 0 Å². The first-order chi connectivity index (χ1) is 9.95. The average Bonchev–Trinajstić information content (AvgIpc) is 2.81. The molecule has 0 saturated carbocycles. The number of rotatable bonds is 6. The molecule has 0 aliphatic rings. The summed E-state index contributed by atoms with van der Waals surface area (Å²) in [5.41, 5.74) is 2.19. The average molecular weight is 287 g/mol. The number of hydrogen-bond acceptors (Lipinski definition) is 2. The van der Waals surface area contributed by atoms with Gasteiger partial charge in [-0.15, -0.1) is 0 Å². The lowest BCUT2D eigenvalue weighted by atomic mass is 10.0. The Kier molecular flexibility index (Phi) is 4.68. The lowest BCUT2D eigenvalue weighted by molar-refractivity contribution is -0.123. The highest BCUT2D eigenvalue weighted by Crippen LogP contribution is 2.18. The molecule has 4 heteroatoms. The van der Waals surface area contributed by atoms with Gasteiger partial charge in [0.2, 0.25) is 5.91 Å². The second kappa shape index (κ2) is 6.31. The van der Waals surface area contributed by atoms with Crippen molar-refractivity contribution >= 4 is 16.8 Å². The zero-order chi connectivity index (χ0) is 15.5. The van der Waals surface area contributed by atoms with E-state index in [0.717, 1.165) is 18.5 Å². The third-order valence-corrected chi connectivity index (χ3v) is 3.89. The fourth-order valence-electron chi connectivity index (χ4n) is 2.36. The number of carbonyl (C=O) groups excluding carboxylic acids is 1.